The Bertz CT molecular complexity index is 170. The van der Waals surface area contributed by atoms with Crippen molar-refractivity contribution in [3.63, 3.8) is 0 Å². The number of nitrogens with zero attached hydrogens (tertiary/aromatic N) is 3. The van der Waals surface area contributed by atoms with Crippen LogP contribution in [0, 0.1) is 0 Å². The van der Waals surface area contributed by atoms with E-state index in [0.29, 0.717) is 5.56 Å². The first-order valence-corrected chi connectivity index (χ1v) is 2.16. The molecule has 0 saturated heterocycles. The van der Waals surface area contributed by atoms with Crippen molar-refractivity contribution >= 4 is 6.21 Å². The predicted molar refractivity (Wildman–Crippen MR) is 30.6 cm³/mol. The molecule has 40 valence electrons. The number of hydrogen-bond donors (Lipinski definition) is 0. The van der Waals surface area contributed by atoms with Gasteiger partial charge in [-0.3, -0.25) is 0 Å². The molecule has 0 atom stereocenters. The minimum Gasteiger partial charge on any atom is -0.810 e. The predicted octanol–water partition coefficient (Wildman–Crippen LogP) is 0.465. The van der Waals surface area contributed by atoms with Gasteiger partial charge in [-0.05, 0) is 5.56 Å². The Balaban J connectivity index is 2.99. The molecule has 0 aliphatic rings. The fourth-order valence-electron chi connectivity index (χ4n) is 0.377. The van der Waals surface area contributed by atoms with E-state index in [4.69, 9.17) is 5.41 Å². The molecule has 0 amide bonds. The highest BCUT2D eigenvalue weighted by atomic mass is 14.8. The standard InChI is InChI=1S/C5H4N3/c6-1-5-2-7-4-8-3-5/h1-4H/q-1. The van der Waals surface area contributed by atoms with Crippen molar-refractivity contribution in [3.8, 4) is 0 Å². The molecule has 0 unspecified atom stereocenters. The van der Waals surface area contributed by atoms with Crippen LogP contribution in [-0.2, 0) is 0 Å². The maximum Gasteiger partial charge on any atom is 0.115 e. The lowest BCUT2D eigenvalue weighted by atomic mass is 10.4. The highest BCUT2D eigenvalue weighted by Gasteiger charge is 1.75. The summed E-state index contributed by atoms with van der Waals surface area (Å²) in [5.41, 5.74) is 0.618. The van der Waals surface area contributed by atoms with E-state index < -0.39 is 0 Å². The van der Waals surface area contributed by atoms with Crippen molar-refractivity contribution < 1.29 is 0 Å². The summed E-state index contributed by atoms with van der Waals surface area (Å²) in [5.74, 6) is 0. The summed E-state index contributed by atoms with van der Waals surface area (Å²) >= 11 is 0. The van der Waals surface area contributed by atoms with E-state index in [2.05, 4.69) is 9.97 Å². The van der Waals surface area contributed by atoms with Crippen LogP contribution in [-0.4, -0.2) is 16.2 Å². The van der Waals surface area contributed by atoms with E-state index in [1.807, 2.05) is 0 Å². The second kappa shape index (κ2) is 2.16. The molecule has 0 saturated carbocycles. The fraction of sp³-hybridized carbons (Fsp3) is 0. The molecule has 0 N–H and O–H groups in total. The molecule has 1 heterocycles. The van der Waals surface area contributed by atoms with Crippen molar-refractivity contribution in [2.24, 2.45) is 0 Å². The zero-order valence-corrected chi connectivity index (χ0v) is 4.15. The summed E-state index contributed by atoms with van der Waals surface area (Å²) < 4.78 is 0. The Morgan fingerprint density at radius 2 is 2.00 bits per heavy atom. The third-order valence-corrected chi connectivity index (χ3v) is 0.730. The highest BCUT2D eigenvalue weighted by molar-refractivity contribution is 5.80. The maximum atomic E-state index is 8.33. The lowest BCUT2D eigenvalue weighted by Gasteiger charge is -1.89. The lowest BCUT2D eigenvalue weighted by molar-refractivity contribution is 1.16. The molecular formula is C5H4N3-. The largest absolute Gasteiger partial charge is 0.810 e. The van der Waals surface area contributed by atoms with Gasteiger partial charge in [0.1, 0.15) is 6.33 Å². The molecule has 0 aliphatic carbocycles. The molecule has 3 heteroatoms. The van der Waals surface area contributed by atoms with Gasteiger partial charge >= 0.3 is 0 Å². The van der Waals surface area contributed by atoms with E-state index in [0.717, 1.165) is 6.21 Å². The molecule has 0 spiro atoms. The van der Waals surface area contributed by atoms with Crippen LogP contribution in [0.3, 0.4) is 0 Å². The average molecular weight is 106 g/mol. The second-order valence-electron chi connectivity index (χ2n) is 1.30. The van der Waals surface area contributed by atoms with Crippen LogP contribution >= 0.6 is 0 Å². The summed E-state index contributed by atoms with van der Waals surface area (Å²) in [6, 6.07) is 0. The van der Waals surface area contributed by atoms with Crippen molar-refractivity contribution in [1.29, 1.82) is 0 Å². The molecule has 0 aromatic carbocycles. The Morgan fingerprint density at radius 3 is 2.38 bits per heavy atom. The minimum atomic E-state index is 0.618. The second-order valence-corrected chi connectivity index (χ2v) is 1.30. The SMILES string of the molecule is [N-]=Cc1cncnc1. The van der Waals surface area contributed by atoms with Gasteiger partial charge in [0.2, 0.25) is 0 Å². The van der Waals surface area contributed by atoms with Crippen molar-refractivity contribution in [2.45, 2.75) is 0 Å². The molecule has 1 aromatic heterocycles. The highest BCUT2D eigenvalue weighted by Crippen LogP contribution is 1.83. The molecule has 8 heavy (non-hydrogen) atoms. The smallest absolute Gasteiger partial charge is 0.115 e. The van der Waals surface area contributed by atoms with Gasteiger partial charge in [0.05, 0.1) is 0 Å². The van der Waals surface area contributed by atoms with E-state index in [1.54, 1.807) is 0 Å². The van der Waals surface area contributed by atoms with Crippen LogP contribution in [0.4, 0.5) is 0 Å². The molecule has 0 radical (unpaired) electrons. The third kappa shape index (κ3) is 0.872. The summed E-state index contributed by atoms with van der Waals surface area (Å²) in [6.07, 6.45) is 5.41. The van der Waals surface area contributed by atoms with Crippen molar-refractivity contribution in [3.05, 3.63) is 29.7 Å². The number of rotatable bonds is 1. The molecular weight excluding hydrogens is 102 g/mol. The van der Waals surface area contributed by atoms with E-state index >= 15 is 0 Å². The molecule has 0 fully saturated rings. The lowest BCUT2D eigenvalue weighted by Crippen LogP contribution is -1.81. The first-order valence-electron chi connectivity index (χ1n) is 2.16. The van der Waals surface area contributed by atoms with Gasteiger partial charge in [-0.15, -0.1) is 0 Å². The Morgan fingerprint density at radius 1 is 1.38 bits per heavy atom. The normalized spacial score (nSPS) is 8.50. The first-order chi connectivity index (χ1) is 3.93. The van der Waals surface area contributed by atoms with Crippen LogP contribution in [0.5, 0.6) is 0 Å². The van der Waals surface area contributed by atoms with E-state index in [9.17, 15) is 0 Å². The maximum absolute atomic E-state index is 8.33. The fourth-order valence-corrected chi connectivity index (χ4v) is 0.377. The Kier molecular flexibility index (Phi) is 1.32. The van der Waals surface area contributed by atoms with Gasteiger partial charge in [0.15, 0.2) is 0 Å². The summed E-state index contributed by atoms with van der Waals surface area (Å²) in [6.45, 7) is 0. The van der Waals surface area contributed by atoms with Gasteiger partial charge in [0.25, 0.3) is 0 Å². The summed E-state index contributed by atoms with van der Waals surface area (Å²) in [7, 11) is 0. The zero-order valence-electron chi connectivity index (χ0n) is 4.15. The number of aromatic nitrogens is 2. The molecule has 0 bridgehead atoms. The van der Waals surface area contributed by atoms with Crippen molar-refractivity contribution in [2.75, 3.05) is 0 Å². The third-order valence-electron chi connectivity index (χ3n) is 0.730. The van der Waals surface area contributed by atoms with Crippen LogP contribution < -0.4 is 0 Å². The topological polar surface area (TPSA) is 48.1 Å². The molecule has 3 nitrogen and oxygen atoms in total. The summed E-state index contributed by atoms with van der Waals surface area (Å²) in [4.78, 5) is 7.31. The van der Waals surface area contributed by atoms with Crippen LogP contribution in [0.25, 0.3) is 5.41 Å². The Labute approximate surface area is 46.9 Å². The van der Waals surface area contributed by atoms with Crippen LogP contribution in [0.2, 0.25) is 0 Å². The van der Waals surface area contributed by atoms with Gasteiger partial charge < -0.3 is 5.41 Å². The number of hydrogen-bond acceptors (Lipinski definition) is 2. The summed E-state index contributed by atoms with van der Waals surface area (Å²) in [5, 5.41) is 8.33. The minimum absolute atomic E-state index is 0.618. The van der Waals surface area contributed by atoms with Gasteiger partial charge in [-0.25, -0.2) is 9.97 Å². The molecule has 1 rings (SSSR count). The zero-order chi connectivity index (χ0) is 5.82. The van der Waals surface area contributed by atoms with Gasteiger partial charge in [0, 0.05) is 12.4 Å². The monoisotopic (exact) mass is 106 g/mol. The first kappa shape index (κ1) is 4.90. The van der Waals surface area contributed by atoms with Crippen molar-refractivity contribution in [1.82, 2.24) is 9.97 Å². The van der Waals surface area contributed by atoms with Gasteiger partial charge in [-0.2, -0.15) is 6.21 Å². The Hall–Kier alpha value is -1.25. The van der Waals surface area contributed by atoms with E-state index in [-0.39, 0.29) is 0 Å². The van der Waals surface area contributed by atoms with Gasteiger partial charge in [-0.1, -0.05) is 0 Å². The average Bonchev–Trinajstić information content (AvgIpc) is 1.90. The van der Waals surface area contributed by atoms with E-state index in [1.165, 1.54) is 18.7 Å². The van der Waals surface area contributed by atoms with Crippen LogP contribution in [0.15, 0.2) is 18.7 Å². The molecule has 1 aromatic rings. The quantitative estimate of drug-likeness (QED) is 0.488. The molecule has 0 aliphatic heterocycles. The van der Waals surface area contributed by atoms with Crippen LogP contribution in [0.1, 0.15) is 5.56 Å².